The first kappa shape index (κ1) is 27.6. The Balaban J connectivity index is 1.44. The van der Waals surface area contributed by atoms with Crippen molar-refractivity contribution in [2.75, 3.05) is 5.32 Å². The number of hydrogen-bond donors (Lipinski definition) is 3. The zero-order valence-corrected chi connectivity index (χ0v) is 24.0. The van der Waals surface area contributed by atoms with Gasteiger partial charge in [-0.15, -0.1) is 0 Å². The fourth-order valence-electron chi connectivity index (χ4n) is 6.46. The number of aryl methyl sites for hydroxylation is 1. The number of fused-ring (bicyclic) bond motifs is 2. The zero-order valence-electron chi connectivity index (χ0n) is 24.0. The SMILES string of the molecule is Cc1cc2cc(C(C(=O)Nc3ccccc3O)N3C(=O)[C@@H](C4Cc5ccccc5C4)NC(=O)[C@H]3CC(C)C)ccc2o1. The second-order valence-electron chi connectivity index (χ2n) is 11.9. The van der Waals surface area contributed by atoms with Crippen LogP contribution in [0.25, 0.3) is 11.0 Å². The van der Waals surface area contributed by atoms with Gasteiger partial charge in [-0.1, -0.05) is 56.3 Å². The van der Waals surface area contributed by atoms with E-state index in [9.17, 15) is 19.5 Å². The number of phenolic OH excluding ortho intramolecular Hbond substituents is 1. The number of rotatable bonds is 7. The molecule has 216 valence electrons. The van der Waals surface area contributed by atoms with Crippen molar-refractivity contribution in [2.24, 2.45) is 11.8 Å². The first-order chi connectivity index (χ1) is 20.2. The van der Waals surface area contributed by atoms with E-state index < -0.39 is 24.0 Å². The maximum absolute atomic E-state index is 14.6. The van der Waals surface area contributed by atoms with Gasteiger partial charge >= 0.3 is 0 Å². The molecule has 1 unspecified atom stereocenters. The van der Waals surface area contributed by atoms with Gasteiger partial charge in [-0.05, 0) is 85.0 Å². The molecule has 0 spiro atoms. The highest BCUT2D eigenvalue weighted by Crippen LogP contribution is 2.37. The topological polar surface area (TPSA) is 112 Å². The minimum Gasteiger partial charge on any atom is -0.506 e. The Morgan fingerprint density at radius 1 is 1.02 bits per heavy atom. The van der Waals surface area contributed by atoms with E-state index in [0.717, 1.165) is 11.1 Å². The summed E-state index contributed by atoms with van der Waals surface area (Å²) >= 11 is 0. The number of amides is 3. The molecule has 42 heavy (non-hydrogen) atoms. The van der Waals surface area contributed by atoms with Gasteiger partial charge in [0.1, 0.15) is 35.2 Å². The molecule has 8 heteroatoms. The van der Waals surface area contributed by atoms with Crippen LogP contribution >= 0.6 is 0 Å². The normalized spacial score (nSPS) is 19.7. The van der Waals surface area contributed by atoms with Crippen LogP contribution in [-0.2, 0) is 27.2 Å². The summed E-state index contributed by atoms with van der Waals surface area (Å²) in [5.74, 6) is -0.450. The van der Waals surface area contributed by atoms with Gasteiger partial charge in [0.2, 0.25) is 11.8 Å². The number of piperazine rings is 1. The van der Waals surface area contributed by atoms with Crippen LogP contribution < -0.4 is 10.6 Å². The van der Waals surface area contributed by atoms with Crippen molar-refractivity contribution in [1.82, 2.24) is 10.2 Å². The third-order valence-electron chi connectivity index (χ3n) is 8.37. The van der Waals surface area contributed by atoms with Gasteiger partial charge in [0, 0.05) is 5.39 Å². The lowest BCUT2D eigenvalue weighted by Crippen LogP contribution is -2.67. The number of aromatic hydroxyl groups is 1. The number of anilines is 1. The molecule has 0 saturated carbocycles. The first-order valence-corrected chi connectivity index (χ1v) is 14.5. The third kappa shape index (κ3) is 5.13. The molecule has 3 aromatic carbocycles. The van der Waals surface area contributed by atoms with E-state index in [0.29, 0.717) is 30.4 Å². The summed E-state index contributed by atoms with van der Waals surface area (Å²) in [5, 5.41) is 17.1. The van der Waals surface area contributed by atoms with Crippen molar-refractivity contribution in [1.29, 1.82) is 0 Å². The predicted octanol–water partition coefficient (Wildman–Crippen LogP) is 5.28. The molecule has 1 aliphatic carbocycles. The Bertz CT molecular complexity index is 1650. The fourth-order valence-corrected chi connectivity index (χ4v) is 6.46. The molecular formula is C34H35N3O5. The van der Waals surface area contributed by atoms with Crippen molar-refractivity contribution in [3.8, 4) is 5.75 Å². The summed E-state index contributed by atoms with van der Waals surface area (Å²) in [6.45, 7) is 5.84. The molecule has 0 radical (unpaired) electrons. The third-order valence-corrected chi connectivity index (χ3v) is 8.37. The minimum atomic E-state index is -1.13. The van der Waals surface area contributed by atoms with Crippen LogP contribution in [0.1, 0.15) is 48.8 Å². The summed E-state index contributed by atoms with van der Waals surface area (Å²) < 4.78 is 5.77. The number of benzene rings is 3. The van der Waals surface area contributed by atoms with Gasteiger partial charge in [-0.3, -0.25) is 14.4 Å². The van der Waals surface area contributed by atoms with E-state index >= 15 is 0 Å². The Kier molecular flexibility index (Phi) is 7.22. The van der Waals surface area contributed by atoms with Crippen LogP contribution in [0.5, 0.6) is 5.75 Å². The number of nitrogens with one attached hydrogen (secondary N) is 2. The lowest BCUT2D eigenvalue weighted by atomic mass is 9.87. The van der Waals surface area contributed by atoms with E-state index in [1.54, 1.807) is 30.3 Å². The molecule has 3 atom stereocenters. The van der Waals surface area contributed by atoms with Gasteiger partial charge in [0.15, 0.2) is 0 Å². The van der Waals surface area contributed by atoms with Gasteiger partial charge in [-0.2, -0.15) is 0 Å². The second-order valence-corrected chi connectivity index (χ2v) is 11.9. The van der Waals surface area contributed by atoms with Gasteiger partial charge < -0.3 is 25.1 Å². The van der Waals surface area contributed by atoms with Crippen molar-refractivity contribution in [3.63, 3.8) is 0 Å². The number of furan rings is 1. The summed E-state index contributed by atoms with van der Waals surface area (Å²) in [7, 11) is 0. The fraction of sp³-hybridized carbons (Fsp3) is 0.324. The highest BCUT2D eigenvalue weighted by atomic mass is 16.3. The standard InChI is InChI=1S/C34H35N3O5/c1-19(2)14-27-32(39)36-30(25-16-21-8-4-5-9-22(21)17-25)34(41)37(27)31(33(40)35-26-10-6-7-11-28(26)38)23-12-13-29-24(18-23)15-20(3)42-29/h4-13,15,18-19,25,27,30-31,38H,14,16-17H2,1-3H3,(H,35,40)(H,36,39)/t27-,30-,31?/m1/s1. The predicted molar refractivity (Wildman–Crippen MR) is 160 cm³/mol. The Morgan fingerprint density at radius 2 is 1.71 bits per heavy atom. The summed E-state index contributed by atoms with van der Waals surface area (Å²) in [6, 6.07) is 19.1. The first-order valence-electron chi connectivity index (χ1n) is 14.5. The van der Waals surface area contributed by atoms with Crippen LogP contribution in [0.4, 0.5) is 5.69 Å². The van der Waals surface area contributed by atoms with Crippen molar-refractivity contribution >= 4 is 34.4 Å². The monoisotopic (exact) mass is 565 g/mol. The Hall–Kier alpha value is -4.59. The van der Waals surface area contributed by atoms with Gasteiger partial charge in [0.05, 0.1) is 5.69 Å². The van der Waals surface area contributed by atoms with Crippen LogP contribution in [0, 0.1) is 18.8 Å². The number of carbonyl (C=O) groups excluding carboxylic acids is 3. The average Bonchev–Trinajstić information content (AvgIpc) is 3.55. The summed E-state index contributed by atoms with van der Waals surface area (Å²) in [5.41, 5.74) is 3.80. The molecular weight excluding hydrogens is 530 g/mol. The maximum atomic E-state index is 14.6. The van der Waals surface area contributed by atoms with E-state index in [1.165, 1.54) is 22.1 Å². The molecule has 3 amide bonds. The largest absolute Gasteiger partial charge is 0.506 e. The van der Waals surface area contributed by atoms with Crippen molar-refractivity contribution in [3.05, 3.63) is 95.2 Å². The number of para-hydroxylation sites is 2. The van der Waals surface area contributed by atoms with E-state index in [1.807, 2.05) is 45.0 Å². The summed E-state index contributed by atoms with van der Waals surface area (Å²) in [4.78, 5) is 44.1. The molecule has 1 aliphatic heterocycles. The molecule has 1 aromatic heterocycles. The van der Waals surface area contributed by atoms with Crippen LogP contribution in [0.2, 0.25) is 0 Å². The van der Waals surface area contributed by atoms with Crippen molar-refractivity contribution < 1.29 is 23.9 Å². The number of nitrogens with zero attached hydrogens (tertiary/aromatic N) is 1. The molecule has 2 aliphatic rings. The lowest BCUT2D eigenvalue weighted by Gasteiger charge is -2.44. The van der Waals surface area contributed by atoms with Crippen LogP contribution in [0.3, 0.4) is 0 Å². The summed E-state index contributed by atoms with van der Waals surface area (Å²) in [6.07, 6.45) is 1.73. The van der Waals surface area contributed by atoms with Crippen LogP contribution in [0.15, 0.2) is 77.2 Å². The zero-order chi connectivity index (χ0) is 29.5. The molecule has 0 bridgehead atoms. The quantitative estimate of drug-likeness (QED) is 0.264. The Labute approximate surface area is 244 Å². The molecule has 1 saturated heterocycles. The van der Waals surface area contributed by atoms with E-state index in [-0.39, 0.29) is 35.1 Å². The molecule has 2 heterocycles. The molecule has 8 nitrogen and oxygen atoms in total. The molecule has 1 fully saturated rings. The lowest BCUT2D eigenvalue weighted by molar-refractivity contribution is -0.157. The number of hydrogen-bond acceptors (Lipinski definition) is 5. The highest BCUT2D eigenvalue weighted by molar-refractivity contribution is 6.04. The molecule has 3 N–H and O–H groups in total. The highest BCUT2D eigenvalue weighted by Gasteiger charge is 2.49. The van der Waals surface area contributed by atoms with Crippen LogP contribution in [-0.4, -0.2) is 39.8 Å². The molecule has 4 aromatic rings. The van der Waals surface area contributed by atoms with E-state index in [2.05, 4.69) is 22.8 Å². The van der Waals surface area contributed by atoms with E-state index in [4.69, 9.17) is 4.42 Å². The average molecular weight is 566 g/mol. The van der Waals surface area contributed by atoms with Gasteiger partial charge in [0.25, 0.3) is 5.91 Å². The van der Waals surface area contributed by atoms with Gasteiger partial charge in [-0.25, -0.2) is 0 Å². The minimum absolute atomic E-state index is 0.0872. The Morgan fingerprint density at radius 3 is 2.40 bits per heavy atom. The molecule has 6 rings (SSSR count). The smallest absolute Gasteiger partial charge is 0.251 e. The number of phenols is 1. The van der Waals surface area contributed by atoms with Crippen molar-refractivity contribution in [2.45, 2.75) is 58.2 Å². The number of carbonyl (C=O) groups is 3. The second kappa shape index (κ2) is 11.0. The maximum Gasteiger partial charge on any atom is 0.251 e.